The van der Waals surface area contributed by atoms with Crippen molar-refractivity contribution in [1.29, 1.82) is 0 Å². The summed E-state index contributed by atoms with van der Waals surface area (Å²) in [5.41, 5.74) is 4.01. The minimum Gasteiger partial charge on any atom is -0.503 e. The van der Waals surface area contributed by atoms with Gasteiger partial charge >= 0.3 is 5.16 Å². The van der Waals surface area contributed by atoms with Gasteiger partial charge < -0.3 is 19.3 Å². The average molecular weight is 551 g/mol. The van der Waals surface area contributed by atoms with Gasteiger partial charge in [0.05, 0.1) is 55.0 Å². The van der Waals surface area contributed by atoms with E-state index in [0.717, 1.165) is 11.4 Å². The second-order valence-electron chi connectivity index (χ2n) is 6.80. The molecule has 0 unspecified atom stereocenters. The number of hydrogen-bond donors (Lipinski definition) is 3. The van der Waals surface area contributed by atoms with Crippen LogP contribution >= 0.6 is 27.7 Å². The van der Waals surface area contributed by atoms with E-state index >= 15 is 0 Å². The number of aromatic nitrogens is 3. The monoisotopic (exact) mass is 550 g/mol. The molecule has 3 aromatic rings. The molecule has 0 aliphatic carbocycles. The maximum absolute atomic E-state index is 12.3. The summed E-state index contributed by atoms with van der Waals surface area (Å²) >= 11 is 4.54. The minimum absolute atomic E-state index is 0.00392. The second kappa shape index (κ2) is 11.7. The van der Waals surface area contributed by atoms with E-state index in [4.69, 9.17) is 14.2 Å². The number of hydrazone groups is 1. The molecule has 0 aliphatic rings. The lowest BCUT2D eigenvalue weighted by atomic mass is 10.2. The molecule has 3 rings (SSSR count). The van der Waals surface area contributed by atoms with Crippen molar-refractivity contribution in [3.63, 3.8) is 0 Å². The molecule has 0 aliphatic heterocycles. The first-order valence-electron chi connectivity index (χ1n) is 10.1. The Hall–Kier alpha value is -3.25. The normalized spacial score (nSPS) is 11.0. The van der Waals surface area contributed by atoms with Crippen molar-refractivity contribution in [2.45, 2.75) is 18.6 Å². The van der Waals surface area contributed by atoms with Crippen LogP contribution in [0.5, 0.6) is 23.0 Å². The van der Waals surface area contributed by atoms with Gasteiger partial charge in [-0.3, -0.25) is 4.79 Å². The van der Waals surface area contributed by atoms with E-state index in [-0.39, 0.29) is 17.4 Å². The molecule has 34 heavy (non-hydrogen) atoms. The number of phenolic OH excluding ortho intramolecular Hbond substituents is 1. The van der Waals surface area contributed by atoms with Crippen LogP contribution in [0.4, 0.5) is 0 Å². The predicted octanol–water partition coefficient (Wildman–Crippen LogP) is 3.12. The van der Waals surface area contributed by atoms with Gasteiger partial charge in [0.2, 0.25) is 0 Å². The lowest BCUT2D eigenvalue weighted by molar-refractivity contribution is -0.719. The Morgan fingerprint density at radius 3 is 2.62 bits per heavy atom. The van der Waals surface area contributed by atoms with Crippen LogP contribution in [0.15, 0.2) is 45.1 Å². The van der Waals surface area contributed by atoms with E-state index in [1.807, 2.05) is 29.7 Å². The Balaban J connectivity index is 1.65. The minimum atomic E-state index is -0.288. The number of carbonyl (C=O) groups is 1. The Labute approximate surface area is 209 Å². The van der Waals surface area contributed by atoms with Gasteiger partial charge in [0.15, 0.2) is 23.0 Å². The molecule has 1 amide bonds. The molecule has 12 heteroatoms. The summed E-state index contributed by atoms with van der Waals surface area (Å²) in [4.78, 5) is 12.3. The maximum atomic E-state index is 12.3. The van der Waals surface area contributed by atoms with Crippen LogP contribution < -0.4 is 24.2 Å². The Morgan fingerprint density at radius 1 is 1.21 bits per heavy atom. The van der Waals surface area contributed by atoms with Crippen molar-refractivity contribution in [1.82, 2.24) is 15.6 Å². The quantitative estimate of drug-likeness (QED) is 0.153. The number of amides is 1. The summed E-state index contributed by atoms with van der Waals surface area (Å²) in [6.45, 7) is 2.65. The van der Waals surface area contributed by atoms with E-state index in [2.05, 4.69) is 36.7 Å². The highest BCUT2D eigenvalue weighted by Gasteiger charge is 2.22. The summed E-state index contributed by atoms with van der Waals surface area (Å²) < 4.78 is 18.2. The summed E-state index contributed by atoms with van der Waals surface area (Å²) in [5.74, 6) is 2.17. The van der Waals surface area contributed by atoms with Crippen molar-refractivity contribution >= 4 is 39.8 Å². The summed E-state index contributed by atoms with van der Waals surface area (Å²) in [6, 6.07) is 8.87. The Morgan fingerprint density at radius 2 is 1.94 bits per heavy atom. The van der Waals surface area contributed by atoms with Crippen LogP contribution in [-0.2, 0) is 11.3 Å². The SMILES string of the molecule is CC[n+]1c(SCC(=O)N/N=C/c2cc(Br)c(O)c(OC)c2)n[nH]c1-c1ccc(OC)c(OC)c1. The lowest BCUT2D eigenvalue weighted by Gasteiger charge is -2.08. The first-order chi connectivity index (χ1) is 16.4. The molecule has 0 bridgehead atoms. The van der Waals surface area contributed by atoms with Crippen LogP contribution in [0, 0.1) is 0 Å². The largest absolute Gasteiger partial charge is 0.503 e. The van der Waals surface area contributed by atoms with Crippen LogP contribution in [0.3, 0.4) is 0 Å². The Kier molecular flexibility index (Phi) is 8.77. The summed E-state index contributed by atoms with van der Waals surface area (Å²) in [6.07, 6.45) is 1.46. The van der Waals surface area contributed by atoms with Gasteiger partial charge in [-0.2, -0.15) is 5.10 Å². The number of benzene rings is 2. The number of aromatic hydroxyl groups is 1. The van der Waals surface area contributed by atoms with E-state index in [0.29, 0.717) is 39.0 Å². The number of H-pyrrole nitrogens is 1. The van der Waals surface area contributed by atoms with Gasteiger partial charge in [0.25, 0.3) is 11.7 Å². The van der Waals surface area contributed by atoms with Gasteiger partial charge in [-0.15, -0.1) is 5.10 Å². The van der Waals surface area contributed by atoms with Crippen LogP contribution in [0.1, 0.15) is 12.5 Å². The number of nitrogens with zero attached hydrogens (tertiary/aromatic N) is 3. The number of thioether (sulfide) groups is 1. The predicted molar refractivity (Wildman–Crippen MR) is 132 cm³/mol. The highest BCUT2D eigenvalue weighted by atomic mass is 79.9. The summed E-state index contributed by atoms with van der Waals surface area (Å²) in [7, 11) is 4.63. The molecule has 0 spiro atoms. The number of hydrogen-bond acceptors (Lipinski definition) is 8. The molecule has 180 valence electrons. The zero-order valence-electron chi connectivity index (χ0n) is 19.1. The maximum Gasteiger partial charge on any atom is 0.337 e. The number of carbonyl (C=O) groups excluding carboxylic acids is 1. The van der Waals surface area contributed by atoms with Gasteiger partial charge in [0.1, 0.15) is 0 Å². The molecule has 2 aromatic carbocycles. The molecule has 1 aromatic heterocycles. The van der Waals surface area contributed by atoms with E-state index in [1.165, 1.54) is 25.1 Å². The first kappa shape index (κ1) is 25.4. The van der Waals surface area contributed by atoms with E-state index < -0.39 is 0 Å². The van der Waals surface area contributed by atoms with Crippen molar-refractivity contribution in [2.75, 3.05) is 27.1 Å². The molecule has 0 atom stereocenters. The molecule has 1 heterocycles. The Bertz CT molecular complexity index is 1200. The standard InChI is InChI=1S/C22H24BrN5O5S/c1-5-28-21(14-6-7-16(31-2)17(10-14)32-3)26-27-22(28)34-12-19(29)25-24-11-13-8-15(23)20(30)18(9-13)33-4/h6-11H,5,12H2,1-4H3,(H2,24,25,29,30)/p+1. The number of methoxy groups -OCH3 is 3. The molecular weight excluding hydrogens is 526 g/mol. The number of nitrogens with one attached hydrogen (secondary N) is 2. The number of ether oxygens (including phenoxy) is 3. The van der Waals surface area contributed by atoms with E-state index in [1.54, 1.807) is 26.4 Å². The molecule has 0 saturated heterocycles. The third-order valence-electron chi connectivity index (χ3n) is 4.74. The lowest BCUT2D eigenvalue weighted by Crippen LogP contribution is -2.36. The van der Waals surface area contributed by atoms with Crippen LogP contribution in [-0.4, -0.2) is 54.5 Å². The summed E-state index contributed by atoms with van der Waals surface area (Å²) in [5, 5.41) is 21.9. The van der Waals surface area contributed by atoms with Gasteiger partial charge in [-0.25, -0.2) is 9.99 Å². The fourth-order valence-electron chi connectivity index (χ4n) is 3.09. The third kappa shape index (κ3) is 5.81. The second-order valence-corrected chi connectivity index (χ2v) is 8.60. The molecule has 0 fully saturated rings. The fourth-order valence-corrected chi connectivity index (χ4v) is 4.36. The first-order valence-corrected chi connectivity index (χ1v) is 11.9. The number of aromatic amines is 1. The fraction of sp³-hybridized carbons (Fsp3) is 0.273. The zero-order valence-corrected chi connectivity index (χ0v) is 21.5. The van der Waals surface area contributed by atoms with Crippen molar-refractivity contribution in [2.24, 2.45) is 5.10 Å². The molecular formula is C22H25BrN5O5S+. The number of halogens is 1. The van der Waals surface area contributed by atoms with Crippen molar-refractivity contribution < 1.29 is 28.7 Å². The van der Waals surface area contributed by atoms with Crippen molar-refractivity contribution in [3.8, 4) is 34.4 Å². The molecule has 0 saturated carbocycles. The highest BCUT2D eigenvalue weighted by molar-refractivity contribution is 9.10. The third-order valence-corrected chi connectivity index (χ3v) is 6.32. The van der Waals surface area contributed by atoms with E-state index in [9.17, 15) is 9.90 Å². The molecule has 0 radical (unpaired) electrons. The number of rotatable bonds is 10. The zero-order chi connectivity index (χ0) is 24.7. The topological polar surface area (TPSA) is 122 Å². The van der Waals surface area contributed by atoms with Crippen LogP contribution in [0.25, 0.3) is 11.4 Å². The molecule has 3 N–H and O–H groups in total. The average Bonchev–Trinajstić information content (AvgIpc) is 3.27. The highest BCUT2D eigenvalue weighted by Crippen LogP contribution is 2.34. The molecule has 10 nitrogen and oxygen atoms in total. The van der Waals surface area contributed by atoms with Gasteiger partial charge in [-0.05, 0) is 70.5 Å². The smallest absolute Gasteiger partial charge is 0.337 e. The number of phenols is 1. The van der Waals surface area contributed by atoms with Crippen molar-refractivity contribution in [3.05, 3.63) is 40.4 Å². The van der Waals surface area contributed by atoms with Gasteiger partial charge in [0, 0.05) is 0 Å². The van der Waals surface area contributed by atoms with Crippen LogP contribution in [0.2, 0.25) is 0 Å². The van der Waals surface area contributed by atoms with Gasteiger partial charge in [-0.1, -0.05) is 0 Å².